The summed E-state index contributed by atoms with van der Waals surface area (Å²) in [6.07, 6.45) is 4.66. The van der Waals surface area contributed by atoms with Crippen LogP contribution in [0.3, 0.4) is 0 Å². The summed E-state index contributed by atoms with van der Waals surface area (Å²) < 4.78 is 17.1. The van der Waals surface area contributed by atoms with Crippen LogP contribution in [-0.4, -0.2) is 78.7 Å². The molecule has 1 atom stereocenters. The summed E-state index contributed by atoms with van der Waals surface area (Å²) in [6, 6.07) is 7.45. The fourth-order valence-corrected chi connectivity index (χ4v) is 3.05. The molecule has 186 valence electrons. The van der Waals surface area contributed by atoms with Gasteiger partial charge in [0.1, 0.15) is 11.9 Å². The molecule has 10 heteroatoms. The van der Waals surface area contributed by atoms with Crippen molar-refractivity contribution < 1.29 is 38.8 Å². The minimum Gasteiger partial charge on any atom is -0.491 e. The number of rotatable bonds is 12. The van der Waals surface area contributed by atoms with Crippen LogP contribution in [-0.2, 0) is 19.1 Å². The molecule has 10 nitrogen and oxygen atoms in total. The van der Waals surface area contributed by atoms with E-state index < -0.39 is 18.0 Å². The van der Waals surface area contributed by atoms with Gasteiger partial charge in [0.2, 0.25) is 0 Å². The number of benzene rings is 1. The monoisotopic (exact) mass is 468 g/mol. The third kappa shape index (κ3) is 12.7. The zero-order valence-corrected chi connectivity index (χ0v) is 19.5. The van der Waals surface area contributed by atoms with Crippen molar-refractivity contribution >= 4 is 23.7 Å². The summed E-state index contributed by atoms with van der Waals surface area (Å²) in [7, 11) is 0. The van der Waals surface area contributed by atoms with Crippen molar-refractivity contribution in [2.75, 3.05) is 44.8 Å². The molecule has 1 fully saturated rings. The van der Waals surface area contributed by atoms with Crippen molar-refractivity contribution in [2.24, 2.45) is 0 Å². The lowest BCUT2D eigenvalue weighted by molar-refractivity contribution is -0.159. The minimum atomic E-state index is -1.82. The van der Waals surface area contributed by atoms with E-state index in [1.807, 2.05) is 24.3 Å². The average molecular weight is 469 g/mol. The maximum absolute atomic E-state index is 12.4. The number of ether oxygens (including phenoxy) is 3. The fraction of sp³-hybridized carbons (Fsp3) is 0.609. The number of carbonyl (C=O) groups is 3. The van der Waals surface area contributed by atoms with Gasteiger partial charge in [0.05, 0.1) is 18.9 Å². The number of carboxylic acids is 2. The van der Waals surface area contributed by atoms with E-state index in [-0.39, 0.29) is 6.10 Å². The number of carbonyl (C=O) groups excluding carboxylic acids is 1. The first kappa shape index (κ1) is 28.2. The van der Waals surface area contributed by atoms with Crippen LogP contribution in [0.25, 0.3) is 0 Å². The van der Waals surface area contributed by atoms with Gasteiger partial charge in [-0.1, -0.05) is 32.4 Å². The molecule has 1 aromatic rings. The SMILES string of the molecule is CCCCOc1ccccc1NC(=O)OC(COCCC)CN1CCCC1.O=C(O)C(=O)O. The van der Waals surface area contributed by atoms with E-state index in [2.05, 4.69) is 24.1 Å². The molecule has 1 saturated heterocycles. The van der Waals surface area contributed by atoms with E-state index in [0.717, 1.165) is 32.4 Å². The summed E-state index contributed by atoms with van der Waals surface area (Å²) in [6.45, 7) is 8.75. The third-order valence-electron chi connectivity index (χ3n) is 4.65. The second-order valence-electron chi connectivity index (χ2n) is 7.54. The van der Waals surface area contributed by atoms with E-state index >= 15 is 0 Å². The Morgan fingerprint density at radius 1 is 1.03 bits per heavy atom. The van der Waals surface area contributed by atoms with Gasteiger partial charge in [-0.15, -0.1) is 0 Å². The average Bonchev–Trinajstić information content (AvgIpc) is 3.28. The Labute approximate surface area is 194 Å². The van der Waals surface area contributed by atoms with Gasteiger partial charge in [0.25, 0.3) is 0 Å². The zero-order valence-electron chi connectivity index (χ0n) is 19.5. The second kappa shape index (κ2) is 16.7. The molecule has 1 aliphatic rings. The van der Waals surface area contributed by atoms with Crippen LogP contribution < -0.4 is 10.1 Å². The minimum absolute atomic E-state index is 0.275. The Bertz CT molecular complexity index is 710. The number of aliphatic carboxylic acids is 2. The Morgan fingerprint density at radius 2 is 1.70 bits per heavy atom. The van der Waals surface area contributed by atoms with Crippen LogP contribution in [0.2, 0.25) is 0 Å². The van der Waals surface area contributed by atoms with E-state index in [1.54, 1.807) is 0 Å². The maximum Gasteiger partial charge on any atom is 0.414 e. The van der Waals surface area contributed by atoms with Crippen LogP contribution in [0.4, 0.5) is 10.5 Å². The molecular formula is C23H36N2O8. The number of hydrogen-bond donors (Lipinski definition) is 3. The summed E-state index contributed by atoms with van der Waals surface area (Å²) in [4.78, 5) is 33.0. The molecule has 0 saturated carbocycles. The highest BCUT2D eigenvalue weighted by molar-refractivity contribution is 6.27. The van der Waals surface area contributed by atoms with Crippen LogP contribution >= 0.6 is 0 Å². The molecule has 0 aromatic heterocycles. The molecule has 2 rings (SSSR count). The van der Waals surface area contributed by atoms with Crippen LogP contribution in [0.15, 0.2) is 24.3 Å². The Balaban J connectivity index is 0.000000801. The molecule has 0 spiro atoms. The second-order valence-corrected chi connectivity index (χ2v) is 7.54. The predicted octanol–water partition coefficient (Wildman–Crippen LogP) is 3.46. The molecular weight excluding hydrogens is 432 g/mol. The third-order valence-corrected chi connectivity index (χ3v) is 4.65. The lowest BCUT2D eigenvalue weighted by atomic mass is 10.3. The Kier molecular flexibility index (Phi) is 14.3. The van der Waals surface area contributed by atoms with Crippen molar-refractivity contribution in [3.8, 4) is 5.75 Å². The topological polar surface area (TPSA) is 135 Å². The van der Waals surface area contributed by atoms with Crippen molar-refractivity contribution in [3.05, 3.63) is 24.3 Å². The summed E-state index contributed by atoms with van der Waals surface area (Å²) in [5.74, 6) is -2.98. The van der Waals surface area contributed by atoms with Crippen LogP contribution in [0.5, 0.6) is 5.75 Å². The molecule has 1 heterocycles. The number of nitrogens with zero attached hydrogens (tertiary/aromatic N) is 1. The van der Waals surface area contributed by atoms with Crippen molar-refractivity contribution in [1.29, 1.82) is 0 Å². The Morgan fingerprint density at radius 3 is 2.30 bits per heavy atom. The summed E-state index contributed by atoms with van der Waals surface area (Å²) >= 11 is 0. The molecule has 1 aromatic carbocycles. The molecule has 1 aliphatic heterocycles. The molecule has 0 aliphatic carbocycles. The van der Waals surface area contributed by atoms with Gasteiger partial charge in [0, 0.05) is 13.2 Å². The van der Waals surface area contributed by atoms with Crippen LogP contribution in [0.1, 0.15) is 46.0 Å². The smallest absolute Gasteiger partial charge is 0.414 e. The predicted molar refractivity (Wildman–Crippen MR) is 123 cm³/mol. The van der Waals surface area contributed by atoms with Crippen LogP contribution in [0, 0.1) is 0 Å². The summed E-state index contributed by atoms with van der Waals surface area (Å²) in [5, 5.41) is 17.6. The van der Waals surface area contributed by atoms with Gasteiger partial charge in [0.15, 0.2) is 0 Å². The lowest BCUT2D eigenvalue weighted by Gasteiger charge is -2.24. The zero-order chi connectivity index (χ0) is 24.5. The van der Waals surface area contributed by atoms with Gasteiger partial charge in [-0.05, 0) is 50.9 Å². The van der Waals surface area contributed by atoms with Crippen molar-refractivity contribution in [2.45, 2.75) is 52.1 Å². The number of para-hydroxylation sites is 2. The number of likely N-dealkylation sites (tertiary alicyclic amines) is 1. The van der Waals surface area contributed by atoms with Crippen molar-refractivity contribution in [1.82, 2.24) is 4.90 Å². The summed E-state index contributed by atoms with van der Waals surface area (Å²) in [5.41, 5.74) is 0.632. The highest BCUT2D eigenvalue weighted by Gasteiger charge is 2.21. The molecule has 33 heavy (non-hydrogen) atoms. The number of unbranched alkanes of at least 4 members (excludes halogenated alkanes) is 1. The van der Waals surface area contributed by atoms with Gasteiger partial charge in [-0.25, -0.2) is 14.4 Å². The van der Waals surface area contributed by atoms with E-state index in [9.17, 15) is 4.79 Å². The number of anilines is 1. The van der Waals surface area contributed by atoms with Gasteiger partial charge in [-0.2, -0.15) is 0 Å². The first-order valence-corrected chi connectivity index (χ1v) is 11.3. The van der Waals surface area contributed by atoms with E-state index in [1.165, 1.54) is 12.8 Å². The number of hydrogen-bond acceptors (Lipinski definition) is 7. The molecule has 0 radical (unpaired) electrons. The lowest BCUT2D eigenvalue weighted by Crippen LogP contribution is -2.37. The number of carboxylic acid groups (broad SMARTS) is 2. The first-order chi connectivity index (χ1) is 15.9. The molecule has 1 unspecified atom stereocenters. The first-order valence-electron chi connectivity index (χ1n) is 11.3. The van der Waals surface area contributed by atoms with Gasteiger partial charge >= 0.3 is 18.0 Å². The quantitative estimate of drug-likeness (QED) is 0.311. The molecule has 1 amide bonds. The molecule has 3 N–H and O–H groups in total. The number of amides is 1. The van der Waals surface area contributed by atoms with Gasteiger partial charge in [-0.3, -0.25) is 10.2 Å². The standard InChI is InChI=1S/C21H34N2O4.C2H2O4/c1-3-5-15-26-20-11-7-6-10-19(20)22-21(24)27-18(17-25-14-4-2)16-23-12-8-9-13-23;3-1(4)2(5)6/h6-7,10-11,18H,3-5,8-9,12-17H2,1-2H3,(H,22,24);(H,3,4)(H,5,6). The van der Waals surface area contributed by atoms with E-state index in [4.69, 9.17) is 34.0 Å². The largest absolute Gasteiger partial charge is 0.491 e. The normalized spacial score (nSPS) is 14.0. The highest BCUT2D eigenvalue weighted by atomic mass is 16.6. The van der Waals surface area contributed by atoms with Crippen molar-refractivity contribution in [3.63, 3.8) is 0 Å². The fourth-order valence-electron chi connectivity index (χ4n) is 3.05. The highest BCUT2D eigenvalue weighted by Crippen LogP contribution is 2.24. The Hall–Kier alpha value is -2.85. The maximum atomic E-state index is 12.4. The number of nitrogens with one attached hydrogen (secondary N) is 1. The molecule has 0 bridgehead atoms. The van der Waals surface area contributed by atoms with E-state index in [0.29, 0.717) is 37.8 Å². The van der Waals surface area contributed by atoms with Gasteiger partial charge < -0.3 is 24.4 Å².